The van der Waals surface area contributed by atoms with Crippen molar-refractivity contribution in [3.05, 3.63) is 140 Å². The second-order valence-electron chi connectivity index (χ2n) is 33.5. The fraction of sp³-hybridized carbons (Fsp3) is 0.449. The van der Waals surface area contributed by atoms with Crippen LogP contribution in [0.3, 0.4) is 0 Å². The van der Waals surface area contributed by atoms with E-state index < -0.39 is 99.5 Å². The van der Waals surface area contributed by atoms with Gasteiger partial charge in [-0.05, 0) is 185 Å². The van der Waals surface area contributed by atoms with Gasteiger partial charge in [0, 0.05) is 117 Å². The van der Waals surface area contributed by atoms with Crippen LogP contribution in [0.25, 0.3) is 66.5 Å². The Morgan fingerprint density at radius 1 is 0.526 bits per heavy atom. The Morgan fingerprint density at radius 2 is 0.932 bits per heavy atom. The molecule has 0 aliphatic carbocycles. The molecule has 0 saturated carbocycles. The molecule has 6 atom stereocenters. The minimum Gasteiger partial charge on any atom is -0.462 e. The number of nitrogens with two attached hydrogens (primary N) is 3. The molecule has 0 bridgehead atoms. The molecule has 6 aromatic heterocycles. The number of aryl methyl sites for hydroxylation is 3. The fourth-order valence-electron chi connectivity index (χ4n) is 17.8. The third-order valence-electron chi connectivity index (χ3n) is 24.5. The van der Waals surface area contributed by atoms with Gasteiger partial charge in [0.1, 0.15) is 72.4 Å². The number of carbonyl (C=O) groups excluding carboxylic acids is 3. The first kappa shape index (κ1) is 98.8. The van der Waals surface area contributed by atoms with Crippen LogP contribution in [-0.4, -0.2) is 254 Å². The molecule has 0 spiro atoms. The number of hydrogen-bond acceptors (Lipinski definition) is 25. The number of allylic oxidation sites excluding steroid dienone is 1. The maximum atomic E-state index is 16.6. The van der Waals surface area contributed by atoms with Gasteiger partial charge in [-0.1, -0.05) is 48.0 Å². The van der Waals surface area contributed by atoms with Gasteiger partial charge in [-0.25, -0.2) is 32.5 Å². The molecule has 9 aromatic rings. The molecule has 28 nitrogen and oxygen atoms in total. The minimum absolute atomic E-state index is 0.00805. The standard InChI is InChI=1S/C30H33ClF5N7O2.C30H31ClF4N8O2.C29H32ClF4N7O2/c1-16-12-21(37)38-27(24(16)30(34,35)36)23-20(31)13-19-26(25(23)33)39-29(45-15-18-6-5-9-41(18)3)40-28(19)43-11-10-42(14-17(43)2)22(44)7-4-8-32;1-16-11-24(37)39-26(25(16)30(33,34)35)20-13-23-21(12-22(20)31)27(40-29(38-23)45-15-19-5-4-8-41(19)3)42-9-10-43(28(44)17(2)32)18(14-42)6-7-36;1-5-21(42)40-9-10-41(16(3)13-40)27-18-12-19(30)22(26-23(29(32,33)34)15(2)11-20(35)36-26)24(31)25(18)37-28(38-27)43-14-17-7-6-8-39(17)4/h4,7,12-13,17-18H,5-6,8-11,14-15H2,1-3H3,(H2,37,38);11-13,18-19H,2,4-6,8-10,14-15H2,1,3H3,(H2,37,39);5,11-12,16-17H,1,6-10,13-14H2,2-4H3,(H2,35,36)/b7-4+;;/t17-,18-;18?,19-;16-,17-/m000/s1. The first-order valence-corrected chi connectivity index (χ1v) is 43.7. The van der Waals surface area contributed by atoms with Crippen molar-refractivity contribution >= 4 is 120 Å². The van der Waals surface area contributed by atoms with Gasteiger partial charge in [0.05, 0.1) is 84.0 Å². The number of hydrogen-bond donors (Lipinski definition) is 3. The largest absolute Gasteiger partial charge is 0.462 e. The molecule has 1 unspecified atom stereocenters. The van der Waals surface area contributed by atoms with Crippen LogP contribution in [0.4, 0.5) is 92.0 Å². The summed E-state index contributed by atoms with van der Waals surface area (Å²) in [5, 5.41) is 9.45. The van der Waals surface area contributed by atoms with E-state index in [1.165, 1.54) is 62.1 Å². The molecule has 6 aliphatic rings. The van der Waals surface area contributed by atoms with Crippen molar-refractivity contribution in [2.45, 2.75) is 134 Å². The second-order valence-corrected chi connectivity index (χ2v) is 34.7. The van der Waals surface area contributed by atoms with Gasteiger partial charge in [0.15, 0.2) is 17.5 Å². The number of likely N-dealkylation sites (tertiary alicyclic amines) is 3. The number of benzene rings is 3. The number of aromatic nitrogens is 9. The number of ether oxygens (including phenoxy) is 3. The Morgan fingerprint density at radius 3 is 1.32 bits per heavy atom. The van der Waals surface area contributed by atoms with Gasteiger partial charge in [0.25, 0.3) is 5.91 Å². The van der Waals surface area contributed by atoms with E-state index in [1.54, 1.807) is 14.7 Å². The quantitative estimate of drug-likeness (QED) is 0.0471. The summed E-state index contributed by atoms with van der Waals surface area (Å²) in [4.78, 5) is 92.5. The van der Waals surface area contributed by atoms with Gasteiger partial charge in [-0.3, -0.25) is 14.4 Å². The number of nitrogens with zero attached hydrogens (tertiary/aromatic N) is 19. The zero-order valence-electron chi connectivity index (χ0n) is 73.6. The van der Waals surface area contributed by atoms with Crippen molar-refractivity contribution in [3.8, 4) is 57.9 Å². The third kappa shape index (κ3) is 21.6. The molecule has 12 heterocycles. The predicted molar refractivity (Wildman–Crippen MR) is 479 cm³/mol. The highest BCUT2D eigenvalue weighted by Gasteiger charge is 2.44. The molecule has 6 aliphatic heterocycles. The SMILES string of the molecule is C=C(F)C(=O)N1CCN(c2nc(OC[C@@H]3CCCN3C)nc3cc(-c4nc(N)cc(C)c4C(F)(F)F)c(Cl)cc23)CC1CC#N.C=CC(=O)N1CCN(c2nc(OC[C@@H]3CCCN3C)nc3c(F)c(-c4nc(N)cc(C)c4C(F)(F)F)c(Cl)cc23)[C@@H](C)C1.Cc1cc(N)nc(-c2c(Cl)cc3c(N4CCN(C(=O)/C=C/CF)C[C@@H]4C)nc(OC[C@@H]4CCCN4C)nc3c2F)c1C(F)(F)F. The molecule has 133 heavy (non-hydrogen) atoms. The number of anilines is 6. The summed E-state index contributed by atoms with van der Waals surface area (Å²) in [5.74, 6) is -4.52. The number of pyridine rings is 3. The molecule has 0 radical (unpaired) electrons. The number of carbonyl (C=O) groups is 3. The zero-order valence-corrected chi connectivity index (χ0v) is 75.9. The summed E-state index contributed by atoms with van der Waals surface area (Å²) in [6, 6.07) is 9.55. The fourth-order valence-corrected chi connectivity index (χ4v) is 18.6. The van der Waals surface area contributed by atoms with Gasteiger partial charge in [-0.15, -0.1) is 0 Å². The van der Waals surface area contributed by atoms with Crippen LogP contribution >= 0.6 is 34.8 Å². The van der Waals surface area contributed by atoms with Crippen LogP contribution in [-0.2, 0) is 32.9 Å². The van der Waals surface area contributed by atoms with Gasteiger partial charge >= 0.3 is 36.6 Å². The lowest BCUT2D eigenvalue weighted by atomic mass is 9.99. The smallest absolute Gasteiger partial charge is 0.418 e. The Bertz CT molecular complexity index is 6060. The van der Waals surface area contributed by atoms with E-state index in [4.69, 9.17) is 66.2 Å². The normalized spacial score (nSPS) is 19.5. The van der Waals surface area contributed by atoms with E-state index in [-0.39, 0.29) is 219 Å². The molecule has 3 amide bonds. The van der Waals surface area contributed by atoms with Crippen molar-refractivity contribution in [1.82, 2.24) is 74.3 Å². The van der Waals surface area contributed by atoms with Crippen molar-refractivity contribution in [1.29, 1.82) is 5.26 Å². The number of halogens is 16. The van der Waals surface area contributed by atoms with Crippen molar-refractivity contribution in [2.75, 3.05) is 158 Å². The Labute approximate surface area is 771 Å². The van der Waals surface area contributed by atoms with Gasteiger partial charge in [0.2, 0.25) is 11.8 Å². The molecule has 6 saturated heterocycles. The van der Waals surface area contributed by atoms with Crippen molar-refractivity contribution < 1.29 is 85.7 Å². The summed E-state index contributed by atoms with van der Waals surface area (Å²) < 4.78 is 205. The van der Waals surface area contributed by atoms with E-state index in [9.17, 15) is 67.9 Å². The number of piperazine rings is 3. The summed E-state index contributed by atoms with van der Waals surface area (Å²) in [6.45, 7) is 19.0. The highest BCUT2D eigenvalue weighted by molar-refractivity contribution is 6.35. The average Bonchev–Trinajstić information content (AvgIpc) is 1.26. The minimum atomic E-state index is -4.88. The highest BCUT2D eigenvalue weighted by Crippen LogP contribution is 2.50. The van der Waals surface area contributed by atoms with E-state index in [2.05, 4.69) is 72.7 Å². The van der Waals surface area contributed by atoms with Crippen LogP contribution in [0.5, 0.6) is 18.0 Å². The number of amides is 3. The third-order valence-corrected chi connectivity index (χ3v) is 25.4. The second kappa shape index (κ2) is 40.6. The average molecular weight is 1920 g/mol. The van der Waals surface area contributed by atoms with E-state index in [0.717, 1.165) is 82.4 Å². The van der Waals surface area contributed by atoms with Crippen LogP contribution in [0.15, 0.2) is 79.7 Å². The van der Waals surface area contributed by atoms with Gasteiger partial charge in [-0.2, -0.15) is 74.7 Å². The lowest BCUT2D eigenvalue weighted by molar-refractivity contribution is -0.138. The molecular weight excluding hydrogens is 1830 g/mol. The molecule has 3 aromatic carbocycles. The lowest BCUT2D eigenvalue weighted by Crippen LogP contribution is -2.55. The van der Waals surface area contributed by atoms with E-state index >= 15 is 8.78 Å². The first-order chi connectivity index (χ1) is 62.9. The van der Waals surface area contributed by atoms with E-state index in [0.29, 0.717) is 30.8 Å². The van der Waals surface area contributed by atoms with Crippen LogP contribution < -0.4 is 46.1 Å². The monoisotopic (exact) mass is 1920 g/mol. The van der Waals surface area contributed by atoms with Crippen LogP contribution in [0.2, 0.25) is 15.1 Å². The Kier molecular flexibility index (Phi) is 30.2. The Balaban J connectivity index is 0.000000169. The molecule has 710 valence electrons. The number of fused-ring (bicyclic) bond motifs is 3. The first-order valence-electron chi connectivity index (χ1n) is 42.5. The summed E-state index contributed by atoms with van der Waals surface area (Å²) >= 11 is 19.7. The van der Waals surface area contributed by atoms with Gasteiger partial charge < -0.3 is 75.5 Å². The molecular formula is C89H96Cl3F13N22O6. The molecule has 6 N–H and O–H groups in total. The number of nitriles is 1. The summed E-state index contributed by atoms with van der Waals surface area (Å²) in [7, 11) is 5.93. The van der Waals surface area contributed by atoms with Crippen LogP contribution in [0.1, 0.15) is 92.2 Å². The maximum absolute atomic E-state index is 16.6. The summed E-state index contributed by atoms with van der Waals surface area (Å²) in [6.07, 6.45) is -5.30. The zero-order chi connectivity index (χ0) is 96.5. The topological polar surface area (TPSA) is 326 Å². The maximum Gasteiger partial charge on any atom is 0.418 e. The van der Waals surface area contributed by atoms with Crippen molar-refractivity contribution in [2.24, 2.45) is 0 Å². The summed E-state index contributed by atoms with van der Waals surface area (Å²) in [5.41, 5.74) is 10.2. The Hall–Kier alpha value is -11.7. The highest BCUT2D eigenvalue weighted by atomic mass is 35.5. The predicted octanol–water partition coefficient (Wildman–Crippen LogP) is 15.7. The number of alkyl halides is 10. The van der Waals surface area contributed by atoms with E-state index in [1.807, 2.05) is 50.9 Å². The van der Waals surface area contributed by atoms with Crippen molar-refractivity contribution in [3.63, 3.8) is 0 Å². The number of likely N-dealkylation sites (N-methyl/N-ethyl adjacent to an activating group) is 3. The van der Waals surface area contributed by atoms with Crippen LogP contribution in [0, 0.1) is 43.7 Å². The molecule has 15 rings (SSSR count). The number of nitrogen functional groups attached to an aromatic ring is 3. The molecule has 44 heteroatoms. The number of rotatable bonds is 20. The molecule has 6 fully saturated rings. The lowest BCUT2D eigenvalue weighted by Gasteiger charge is -2.41.